The highest BCUT2D eigenvalue weighted by Crippen LogP contribution is 2.22. The van der Waals surface area contributed by atoms with E-state index in [2.05, 4.69) is 20.8 Å². The van der Waals surface area contributed by atoms with E-state index < -0.39 is 17.5 Å². The molecule has 5 nitrogen and oxygen atoms in total. The van der Waals surface area contributed by atoms with Gasteiger partial charge in [0.2, 0.25) is 5.91 Å². The smallest absolute Gasteiger partial charge is 0.225 e. The number of aromatic nitrogens is 2. The van der Waals surface area contributed by atoms with Crippen LogP contribution in [-0.2, 0) is 4.79 Å². The molecule has 1 heterocycles. The van der Waals surface area contributed by atoms with Crippen LogP contribution in [0.4, 0.5) is 30.5 Å². The molecular formula is C15H15F3N4O. The molecule has 0 saturated heterocycles. The van der Waals surface area contributed by atoms with Crippen LogP contribution >= 0.6 is 0 Å². The minimum atomic E-state index is -1.57. The summed E-state index contributed by atoms with van der Waals surface area (Å²) >= 11 is 0. The number of benzene rings is 1. The number of hydrogen-bond donors (Lipinski definition) is 2. The van der Waals surface area contributed by atoms with E-state index in [0.29, 0.717) is 6.42 Å². The van der Waals surface area contributed by atoms with Crippen molar-refractivity contribution in [1.29, 1.82) is 0 Å². The fourth-order valence-corrected chi connectivity index (χ4v) is 1.79. The maximum Gasteiger partial charge on any atom is 0.225 e. The van der Waals surface area contributed by atoms with Gasteiger partial charge in [-0.15, -0.1) is 10.2 Å². The number of carbonyl (C=O) groups excluding carboxylic acids is 1. The molecular weight excluding hydrogens is 309 g/mol. The highest BCUT2D eigenvalue weighted by atomic mass is 19.2. The SMILES string of the molecule is CC(C)CC(=O)Nc1ccc(Nc2ccc(F)c(F)c2F)nn1. The number of nitrogens with zero attached hydrogens (tertiary/aromatic N) is 2. The number of halogens is 3. The predicted octanol–water partition coefficient (Wildman–Crippen LogP) is 3.62. The van der Waals surface area contributed by atoms with Gasteiger partial charge < -0.3 is 10.6 Å². The van der Waals surface area contributed by atoms with Gasteiger partial charge in [-0.05, 0) is 30.2 Å². The second kappa shape index (κ2) is 7.08. The van der Waals surface area contributed by atoms with E-state index in [-0.39, 0.29) is 29.1 Å². The first-order valence-electron chi connectivity index (χ1n) is 6.91. The summed E-state index contributed by atoms with van der Waals surface area (Å²) in [6.45, 7) is 3.82. The summed E-state index contributed by atoms with van der Waals surface area (Å²) in [7, 11) is 0. The maximum atomic E-state index is 13.5. The molecule has 0 spiro atoms. The fraction of sp³-hybridized carbons (Fsp3) is 0.267. The first-order chi connectivity index (χ1) is 10.9. The van der Waals surface area contributed by atoms with Crippen LogP contribution in [0, 0.1) is 23.4 Å². The maximum absolute atomic E-state index is 13.5. The van der Waals surface area contributed by atoms with Crippen LogP contribution in [0.25, 0.3) is 0 Å². The summed E-state index contributed by atoms with van der Waals surface area (Å²) < 4.78 is 39.5. The molecule has 0 radical (unpaired) electrons. The van der Waals surface area contributed by atoms with Gasteiger partial charge in [-0.2, -0.15) is 0 Å². The van der Waals surface area contributed by atoms with E-state index in [9.17, 15) is 18.0 Å². The average Bonchev–Trinajstić information content (AvgIpc) is 2.49. The van der Waals surface area contributed by atoms with E-state index in [1.54, 1.807) is 0 Å². The standard InChI is InChI=1S/C15H15F3N4O/c1-8(2)7-13(23)20-12-6-5-11(21-22-12)19-10-4-3-9(16)14(17)15(10)18/h3-6,8H,7H2,1-2H3,(H,19,21)(H,20,22,23). The monoisotopic (exact) mass is 324 g/mol. The van der Waals surface area contributed by atoms with Gasteiger partial charge in [0.1, 0.15) is 0 Å². The molecule has 0 aliphatic rings. The zero-order valence-corrected chi connectivity index (χ0v) is 12.5. The Morgan fingerprint density at radius 1 is 1.04 bits per heavy atom. The number of rotatable bonds is 5. The van der Waals surface area contributed by atoms with Gasteiger partial charge >= 0.3 is 0 Å². The van der Waals surface area contributed by atoms with Crippen molar-refractivity contribution >= 4 is 23.2 Å². The summed E-state index contributed by atoms with van der Waals surface area (Å²) in [5.74, 6) is -3.81. The summed E-state index contributed by atoms with van der Waals surface area (Å²) in [4.78, 5) is 11.6. The van der Waals surface area contributed by atoms with Crippen LogP contribution in [0.3, 0.4) is 0 Å². The van der Waals surface area contributed by atoms with Gasteiger partial charge in [0.15, 0.2) is 29.1 Å². The first kappa shape index (κ1) is 16.7. The van der Waals surface area contributed by atoms with Crippen molar-refractivity contribution in [3.05, 3.63) is 41.7 Å². The third-order valence-corrected chi connectivity index (χ3v) is 2.82. The molecule has 1 aromatic carbocycles. The van der Waals surface area contributed by atoms with Crippen LogP contribution in [-0.4, -0.2) is 16.1 Å². The van der Waals surface area contributed by atoms with Crippen molar-refractivity contribution in [2.24, 2.45) is 5.92 Å². The molecule has 0 atom stereocenters. The average molecular weight is 324 g/mol. The Labute approximate surface area is 130 Å². The molecule has 2 N–H and O–H groups in total. The third-order valence-electron chi connectivity index (χ3n) is 2.82. The van der Waals surface area contributed by atoms with Crippen molar-refractivity contribution in [2.45, 2.75) is 20.3 Å². The van der Waals surface area contributed by atoms with E-state index in [0.717, 1.165) is 12.1 Å². The van der Waals surface area contributed by atoms with Gasteiger partial charge in [0, 0.05) is 6.42 Å². The quantitative estimate of drug-likeness (QED) is 0.824. The topological polar surface area (TPSA) is 66.9 Å². The van der Waals surface area contributed by atoms with Crippen molar-refractivity contribution in [2.75, 3.05) is 10.6 Å². The Morgan fingerprint density at radius 2 is 1.70 bits per heavy atom. The summed E-state index contributed by atoms with van der Waals surface area (Å²) in [5.41, 5.74) is -0.269. The highest BCUT2D eigenvalue weighted by Gasteiger charge is 2.14. The summed E-state index contributed by atoms with van der Waals surface area (Å²) in [6.07, 6.45) is 0.349. The molecule has 0 aliphatic heterocycles. The van der Waals surface area contributed by atoms with Crippen molar-refractivity contribution in [1.82, 2.24) is 10.2 Å². The Bertz CT molecular complexity index is 705. The second-order valence-electron chi connectivity index (χ2n) is 5.30. The van der Waals surface area contributed by atoms with Crippen LogP contribution in [0.15, 0.2) is 24.3 Å². The Balaban J connectivity index is 2.06. The molecule has 0 saturated carbocycles. The zero-order chi connectivity index (χ0) is 17.0. The Kier molecular flexibility index (Phi) is 5.15. The van der Waals surface area contributed by atoms with Gasteiger partial charge in [-0.3, -0.25) is 4.79 Å². The van der Waals surface area contributed by atoms with E-state index in [1.807, 2.05) is 13.8 Å². The lowest BCUT2D eigenvalue weighted by atomic mass is 10.1. The number of nitrogens with one attached hydrogen (secondary N) is 2. The zero-order valence-electron chi connectivity index (χ0n) is 12.5. The second-order valence-corrected chi connectivity index (χ2v) is 5.30. The molecule has 122 valence electrons. The van der Waals surface area contributed by atoms with Crippen LogP contribution < -0.4 is 10.6 Å². The Hall–Kier alpha value is -2.64. The summed E-state index contributed by atoms with van der Waals surface area (Å²) in [6, 6.07) is 4.74. The normalized spacial score (nSPS) is 10.7. The minimum Gasteiger partial charge on any atom is -0.336 e. The highest BCUT2D eigenvalue weighted by molar-refractivity contribution is 5.89. The van der Waals surface area contributed by atoms with Crippen LogP contribution in [0.2, 0.25) is 0 Å². The lowest BCUT2D eigenvalue weighted by molar-refractivity contribution is -0.116. The Morgan fingerprint density at radius 3 is 2.30 bits per heavy atom. The molecule has 0 unspecified atom stereocenters. The van der Waals surface area contributed by atoms with E-state index in [4.69, 9.17) is 0 Å². The van der Waals surface area contributed by atoms with E-state index >= 15 is 0 Å². The van der Waals surface area contributed by atoms with Crippen molar-refractivity contribution < 1.29 is 18.0 Å². The third kappa shape index (κ3) is 4.41. The van der Waals surface area contributed by atoms with Gasteiger partial charge in [-0.25, -0.2) is 13.2 Å². The van der Waals surface area contributed by atoms with Gasteiger partial charge in [0.25, 0.3) is 0 Å². The van der Waals surface area contributed by atoms with Crippen LogP contribution in [0.1, 0.15) is 20.3 Å². The minimum absolute atomic E-state index is 0.122. The molecule has 0 bridgehead atoms. The van der Waals surface area contributed by atoms with Crippen LogP contribution in [0.5, 0.6) is 0 Å². The molecule has 8 heteroatoms. The number of amides is 1. The van der Waals surface area contributed by atoms with E-state index in [1.165, 1.54) is 12.1 Å². The molecule has 1 amide bonds. The van der Waals surface area contributed by atoms with Crippen molar-refractivity contribution in [3.63, 3.8) is 0 Å². The molecule has 2 rings (SSSR count). The molecule has 23 heavy (non-hydrogen) atoms. The number of anilines is 3. The first-order valence-corrected chi connectivity index (χ1v) is 6.91. The lowest BCUT2D eigenvalue weighted by Crippen LogP contribution is -2.15. The van der Waals surface area contributed by atoms with Gasteiger partial charge in [0.05, 0.1) is 5.69 Å². The molecule has 2 aromatic rings. The molecule has 1 aromatic heterocycles. The predicted molar refractivity (Wildman–Crippen MR) is 79.7 cm³/mol. The number of hydrogen-bond acceptors (Lipinski definition) is 4. The number of carbonyl (C=O) groups is 1. The molecule has 0 fully saturated rings. The summed E-state index contributed by atoms with van der Waals surface area (Å²) in [5, 5.41) is 12.6. The molecule has 0 aliphatic carbocycles. The fourth-order valence-electron chi connectivity index (χ4n) is 1.79. The lowest BCUT2D eigenvalue weighted by Gasteiger charge is -2.08. The largest absolute Gasteiger partial charge is 0.336 e. The van der Waals surface area contributed by atoms with Crippen molar-refractivity contribution in [3.8, 4) is 0 Å². The van der Waals surface area contributed by atoms with Gasteiger partial charge in [-0.1, -0.05) is 13.8 Å².